The minimum absolute atomic E-state index is 0.0585. The zero-order valence-corrected chi connectivity index (χ0v) is 16.8. The van der Waals surface area contributed by atoms with E-state index in [0.717, 1.165) is 10.0 Å². The molecule has 0 aliphatic rings. The highest BCUT2D eigenvalue weighted by Crippen LogP contribution is 2.62. The Hall–Kier alpha value is -1.26. The Morgan fingerprint density at radius 3 is 2.08 bits per heavy atom. The number of ketones is 1. The first-order valence-corrected chi connectivity index (χ1v) is 10.6. The molecular weight excluding hydrogens is 403 g/mol. The van der Waals surface area contributed by atoms with Crippen LogP contribution in [-0.2, 0) is 13.6 Å². The summed E-state index contributed by atoms with van der Waals surface area (Å²) in [6, 6.07) is 16.4. The minimum atomic E-state index is -3.48. The number of Topliss-reactive ketones (excluding diaryl/α,β-unsaturated/α-hetero) is 1. The quantitative estimate of drug-likeness (QED) is 0.364. The van der Waals surface area contributed by atoms with Crippen molar-refractivity contribution in [2.45, 2.75) is 25.9 Å². The molecule has 4 nitrogen and oxygen atoms in total. The van der Waals surface area contributed by atoms with Gasteiger partial charge >= 0.3 is 7.60 Å². The number of hydrogen-bond donors (Lipinski definition) is 0. The number of rotatable bonds is 9. The van der Waals surface area contributed by atoms with Crippen LogP contribution in [0.1, 0.15) is 41.8 Å². The van der Waals surface area contributed by atoms with Crippen molar-refractivity contribution in [3.63, 3.8) is 0 Å². The van der Waals surface area contributed by atoms with E-state index < -0.39 is 13.3 Å². The van der Waals surface area contributed by atoms with E-state index >= 15 is 0 Å². The molecule has 0 unspecified atom stereocenters. The summed E-state index contributed by atoms with van der Waals surface area (Å²) in [7, 11) is -3.48. The van der Waals surface area contributed by atoms with E-state index in [9.17, 15) is 9.36 Å². The molecule has 0 radical (unpaired) electrons. The second-order valence-corrected chi connectivity index (χ2v) is 8.57. The first kappa shape index (κ1) is 20.1. The first-order valence-electron chi connectivity index (χ1n) is 8.22. The van der Waals surface area contributed by atoms with Gasteiger partial charge in [-0.1, -0.05) is 58.4 Å². The number of carbonyl (C=O) groups excluding carboxylic acids is 1. The van der Waals surface area contributed by atoms with Gasteiger partial charge in [0.25, 0.3) is 0 Å². The van der Waals surface area contributed by atoms with Crippen molar-refractivity contribution in [1.82, 2.24) is 0 Å². The lowest BCUT2D eigenvalue weighted by molar-refractivity contribution is 0.0973. The van der Waals surface area contributed by atoms with Crippen molar-refractivity contribution in [2.75, 3.05) is 13.2 Å². The van der Waals surface area contributed by atoms with Crippen LogP contribution in [0.5, 0.6) is 0 Å². The number of halogens is 1. The highest BCUT2D eigenvalue weighted by Gasteiger charge is 2.38. The van der Waals surface area contributed by atoms with Gasteiger partial charge < -0.3 is 9.05 Å². The standard InChI is InChI=1S/C19H22BrO4P/c1-3-23-25(22,24-4-2)19(16-10-12-17(20)13-11-16)14-18(21)15-8-6-5-7-9-15/h5-13,19H,3-4,14H2,1-2H3/t19-/m0/s1. The van der Waals surface area contributed by atoms with Crippen LogP contribution in [0.25, 0.3) is 0 Å². The fourth-order valence-electron chi connectivity index (χ4n) is 2.59. The smallest absolute Gasteiger partial charge is 0.308 e. The third-order valence-electron chi connectivity index (χ3n) is 3.73. The number of benzene rings is 2. The highest BCUT2D eigenvalue weighted by molar-refractivity contribution is 9.10. The lowest BCUT2D eigenvalue weighted by Crippen LogP contribution is -2.12. The predicted molar refractivity (Wildman–Crippen MR) is 103 cm³/mol. The molecule has 0 bridgehead atoms. The largest absolute Gasteiger partial charge is 0.338 e. The molecule has 0 N–H and O–H groups in total. The molecule has 0 fully saturated rings. The van der Waals surface area contributed by atoms with Crippen molar-refractivity contribution in [2.24, 2.45) is 0 Å². The van der Waals surface area contributed by atoms with Crippen LogP contribution in [0.4, 0.5) is 0 Å². The minimum Gasteiger partial charge on any atom is -0.308 e. The lowest BCUT2D eigenvalue weighted by Gasteiger charge is -2.26. The second kappa shape index (κ2) is 9.44. The fraction of sp³-hybridized carbons (Fsp3) is 0.316. The van der Waals surface area contributed by atoms with E-state index in [2.05, 4.69) is 15.9 Å². The van der Waals surface area contributed by atoms with Crippen molar-refractivity contribution in [1.29, 1.82) is 0 Å². The molecule has 2 aromatic rings. The summed E-state index contributed by atoms with van der Waals surface area (Å²) >= 11 is 3.40. The zero-order chi connectivity index (χ0) is 18.3. The molecular formula is C19H22BrO4P. The van der Waals surface area contributed by atoms with Crippen LogP contribution >= 0.6 is 23.5 Å². The van der Waals surface area contributed by atoms with Crippen LogP contribution in [0.3, 0.4) is 0 Å². The average molecular weight is 425 g/mol. The van der Waals surface area contributed by atoms with Gasteiger partial charge in [-0.3, -0.25) is 9.36 Å². The van der Waals surface area contributed by atoms with Gasteiger partial charge in [0, 0.05) is 16.5 Å². The second-order valence-electron chi connectivity index (χ2n) is 5.44. The van der Waals surface area contributed by atoms with E-state index in [-0.39, 0.29) is 25.4 Å². The Morgan fingerprint density at radius 2 is 1.56 bits per heavy atom. The fourth-order valence-corrected chi connectivity index (χ4v) is 4.94. The van der Waals surface area contributed by atoms with Crippen LogP contribution < -0.4 is 0 Å². The Labute approximate surface area is 157 Å². The van der Waals surface area contributed by atoms with Crippen LogP contribution in [-0.4, -0.2) is 19.0 Å². The molecule has 134 valence electrons. The van der Waals surface area contributed by atoms with Crippen LogP contribution in [0.15, 0.2) is 59.1 Å². The number of carbonyl (C=O) groups is 1. The molecule has 0 spiro atoms. The van der Waals surface area contributed by atoms with Crippen molar-refractivity contribution >= 4 is 29.3 Å². The molecule has 2 aromatic carbocycles. The molecule has 0 saturated heterocycles. The average Bonchev–Trinajstić information content (AvgIpc) is 2.61. The van der Waals surface area contributed by atoms with Crippen molar-refractivity contribution in [3.8, 4) is 0 Å². The maximum Gasteiger partial charge on any atom is 0.338 e. The van der Waals surface area contributed by atoms with Gasteiger partial charge in [0.05, 0.1) is 18.9 Å². The van der Waals surface area contributed by atoms with Gasteiger partial charge in [-0.15, -0.1) is 0 Å². The monoisotopic (exact) mass is 424 g/mol. The number of hydrogen-bond acceptors (Lipinski definition) is 4. The summed E-state index contributed by atoms with van der Waals surface area (Å²) in [6.07, 6.45) is 0.0585. The van der Waals surface area contributed by atoms with Gasteiger partial charge in [-0.2, -0.15) is 0 Å². The third-order valence-corrected chi connectivity index (χ3v) is 6.74. The summed E-state index contributed by atoms with van der Waals surface area (Å²) < 4.78 is 25.3. The van der Waals surface area contributed by atoms with Gasteiger partial charge in [0.1, 0.15) is 0 Å². The van der Waals surface area contributed by atoms with Crippen LogP contribution in [0, 0.1) is 0 Å². The highest BCUT2D eigenvalue weighted by atomic mass is 79.9. The Balaban J connectivity index is 2.39. The molecule has 0 amide bonds. The molecule has 25 heavy (non-hydrogen) atoms. The molecule has 1 atom stereocenters. The summed E-state index contributed by atoms with van der Waals surface area (Å²) in [6.45, 7) is 4.04. The molecule has 0 aliphatic carbocycles. The van der Waals surface area contributed by atoms with E-state index in [0.29, 0.717) is 5.56 Å². The van der Waals surface area contributed by atoms with Gasteiger partial charge in [0.2, 0.25) is 0 Å². The topological polar surface area (TPSA) is 52.6 Å². The van der Waals surface area contributed by atoms with Gasteiger partial charge in [-0.25, -0.2) is 0 Å². The molecule has 0 heterocycles. The molecule has 0 saturated carbocycles. The lowest BCUT2D eigenvalue weighted by atomic mass is 10.0. The zero-order valence-electron chi connectivity index (χ0n) is 14.4. The molecule has 2 rings (SSSR count). The Kier molecular flexibility index (Phi) is 7.57. The van der Waals surface area contributed by atoms with Crippen molar-refractivity contribution < 1.29 is 18.4 Å². The summed E-state index contributed by atoms with van der Waals surface area (Å²) in [5.74, 6) is -0.0897. The van der Waals surface area contributed by atoms with Gasteiger partial charge in [0.15, 0.2) is 5.78 Å². The summed E-state index contributed by atoms with van der Waals surface area (Å²) in [5, 5.41) is 0. The molecule has 0 aromatic heterocycles. The maximum atomic E-state index is 13.4. The van der Waals surface area contributed by atoms with E-state index in [4.69, 9.17) is 9.05 Å². The first-order chi connectivity index (χ1) is 12.0. The molecule has 0 aliphatic heterocycles. The predicted octanol–water partition coefficient (Wildman–Crippen LogP) is 6.03. The third kappa shape index (κ3) is 5.35. The van der Waals surface area contributed by atoms with E-state index in [1.807, 2.05) is 42.5 Å². The Morgan fingerprint density at radius 1 is 1.00 bits per heavy atom. The normalized spacial score (nSPS) is 12.8. The SMILES string of the molecule is CCOP(=O)(OCC)[C@@H](CC(=O)c1ccccc1)c1ccc(Br)cc1. The van der Waals surface area contributed by atoms with E-state index in [1.165, 1.54) is 0 Å². The Bertz CT molecular complexity index is 721. The summed E-state index contributed by atoms with van der Waals surface area (Å²) in [4.78, 5) is 12.7. The molecule has 6 heteroatoms. The van der Waals surface area contributed by atoms with E-state index in [1.54, 1.807) is 26.0 Å². The maximum absolute atomic E-state index is 13.4. The van der Waals surface area contributed by atoms with Gasteiger partial charge in [-0.05, 0) is 31.5 Å². The van der Waals surface area contributed by atoms with Crippen molar-refractivity contribution in [3.05, 3.63) is 70.2 Å². The van der Waals surface area contributed by atoms with Crippen LogP contribution in [0.2, 0.25) is 0 Å². The summed E-state index contributed by atoms with van der Waals surface area (Å²) in [5.41, 5.74) is 0.704.